The number of rotatable bonds is 3. The maximum atomic E-state index is 10.8. The minimum absolute atomic E-state index is 0.392. The standard InChI is InChI=1S/C11H12N2O/c1-3-9-5-4-6-10(7-9)13-8(2)11(12)14/h1,4-8,13H,2H3,(H2,12,14). The first kappa shape index (κ1) is 10.1. The second-order valence-electron chi connectivity index (χ2n) is 2.99. The van der Waals surface area contributed by atoms with E-state index in [1.165, 1.54) is 0 Å². The molecule has 3 N–H and O–H groups in total. The van der Waals surface area contributed by atoms with Crippen molar-refractivity contribution in [2.45, 2.75) is 13.0 Å². The van der Waals surface area contributed by atoms with Crippen molar-refractivity contribution in [1.29, 1.82) is 0 Å². The van der Waals surface area contributed by atoms with Crippen molar-refractivity contribution in [3.05, 3.63) is 29.8 Å². The van der Waals surface area contributed by atoms with Crippen LogP contribution in [0.1, 0.15) is 12.5 Å². The average molecular weight is 188 g/mol. The molecule has 0 saturated carbocycles. The van der Waals surface area contributed by atoms with Crippen LogP contribution in [0.4, 0.5) is 5.69 Å². The van der Waals surface area contributed by atoms with Gasteiger partial charge in [-0.05, 0) is 25.1 Å². The van der Waals surface area contributed by atoms with Crippen LogP contribution in [0.15, 0.2) is 24.3 Å². The van der Waals surface area contributed by atoms with Gasteiger partial charge in [-0.2, -0.15) is 0 Å². The van der Waals surface area contributed by atoms with Crippen LogP contribution in [0.5, 0.6) is 0 Å². The summed E-state index contributed by atoms with van der Waals surface area (Å²) in [5, 5.41) is 2.95. The molecule has 14 heavy (non-hydrogen) atoms. The van der Waals surface area contributed by atoms with E-state index in [2.05, 4.69) is 11.2 Å². The number of hydrogen-bond acceptors (Lipinski definition) is 2. The molecule has 0 aliphatic carbocycles. The molecule has 0 saturated heterocycles. The molecule has 1 unspecified atom stereocenters. The molecular weight excluding hydrogens is 176 g/mol. The zero-order valence-electron chi connectivity index (χ0n) is 7.95. The molecule has 1 amide bonds. The Bertz CT molecular complexity index is 379. The predicted molar refractivity (Wildman–Crippen MR) is 56.7 cm³/mol. The summed E-state index contributed by atoms with van der Waals surface area (Å²) in [5.41, 5.74) is 6.68. The highest BCUT2D eigenvalue weighted by molar-refractivity contribution is 5.82. The molecule has 1 atom stereocenters. The van der Waals surface area contributed by atoms with Crippen LogP contribution >= 0.6 is 0 Å². The number of amides is 1. The third kappa shape index (κ3) is 2.53. The molecule has 0 bridgehead atoms. The topological polar surface area (TPSA) is 55.1 Å². The molecule has 72 valence electrons. The van der Waals surface area contributed by atoms with Gasteiger partial charge < -0.3 is 11.1 Å². The normalized spacial score (nSPS) is 11.4. The highest BCUT2D eigenvalue weighted by atomic mass is 16.1. The van der Waals surface area contributed by atoms with Crippen LogP contribution in [0.3, 0.4) is 0 Å². The van der Waals surface area contributed by atoms with Gasteiger partial charge in [0.1, 0.15) is 6.04 Å². The monoisotopic (exact) mass is 188 g/mol. The van der Waals surface area contributed by atoms with Crippen molar-refractivity contribution < 1.29 is 4.79 Å². The highest BCUT2D eigenvalue weighted by Gasteiger charge is 2.07. The number of primary amides is 1. The fourth-order valence-electron chi connectivity index (χ4n) is 1.02. The minimum atomic E-state index is -0.400. The molecule has 0 heterocycles. The minimum Gasteiger partial charge on any atom is -0.374 e. The lowest BCUT2D eigenvalue weighted by Crippen LogP contribution is -2.32. The van der Waals surface area contributed by atoms with Crippen molar-refractivity contribution >= 4 is 11.6 Å². The number of hydrogen-bond donors (Lipinski definition) is 2. The van der Waals surface area contributed by atoms with Crippen LogP contribution in [0.25, 0.3) is 0 Å². The fourth-order valence-corrected chi connectivity index (χ4v) is 1.02. The Morgan fingerprint density at radius 2 is 2.36 bits per heavy atom. The summed E-state index contributed by atoms with van der Waals surface area (Å²) < 4.78 is 0. The summed E-state index contributed by atoms with van der Waals surface area (Å²) in [6.45, 7) is 1.70. The molecule has 0 spiro atoms. The van der Waals surface area contributed by atoms with Crippen LogP contribution < -0.4 is 11.1 Å². The smallest absolute Gasteiger partial charge is 0.239 e. The Balaban J connectivity index is 2.78. The molecule has 3 heteroatoms. The molecule has 0 aliphatic heterocycles. The van der Waals surface area contributed by atoms with E-state index in [0.717, 1.165) is 11.3 Å². The first-order valence-electron chi connectivity index (χ1n) is 4.26. The van der Waals surface area contributed by atoms with Crippen molar-refractivity contribution in [3.8, 4) is 12.3 Å². The van der Waals surface area contributed by atoms with Gasteiger partial charge >= 0.3 is 0 Å². The van der Waals surface area contributed by atoms with Gasteiger partial charge in [0, 0.05) is 11.3 Å². The summed E-state index contributed by atoms with van der Waals surface area (Å²) in [6.07, 6.45) is 5.24. The SMILES string of the molecule is C#Cc1cccc(NC(C)C(N)=O)c1. The number of benzene rings is 1. The summed E-state index contributed by atoms with van der Waals surface area (Å²) in [6, 6.07) is 6.87. The maximum Gasteiger partial charge on any atom is 0.239 e. The summed E-state index contributed by atoms with van der Waals surface area (Å²) in [5.74, 6) is 2.12. The van der Waals surface area contributed by atoms with Crippen molar-refractivity contribution in [1.82, 2.24) is 0 Å². The average Bonchev–Trinajstić information content (AvgIpc) is 2.18. The highest BCUT2D eigenvalue weighted by Crippen LogP contribution is 2.10. The van der Waals surface area contributed by atoms with Crippen LogP contribution in [-0.4, -0.2) is 11.9 Å². The number of anilines is 1. The first-order valence-corrected chi connectivity index (χ1v) is 4.26. The third-order valence-electron chi connectivity index (χ3n) is 1.84. The second kappa shape index (κ2) is 4.33. The van der Waals surface area contributed by atoms with Gasteiger partial charge in [0.05, 0.1) is 0 Å². The van der Waals surface area contributed by atoms with Crippen molar-refractivity contribution in [2.24, 2.45) is 5.73 Å². The molecule has 1 aromatic carbocycles. The summed E-state index contributed by atoms with van der Waals surface area (Å²) in [4.78, 5) is 10.8. The predicted octanol–water partition coefficient (Wildman–Crippen LogP) is 0.954. The van der Waals surface area contributed by atoms with Gasteiger partial charge in [-0.1, -0.05) is 12.0 Å². The van der Waals surface area contributed by atoms with Crippen LogP contribution in [0.2, 0.25) is 0 Å². The second-order valence-corrected chi connectivity index (χ2v) is 2.99. The van der Waals surface area contributed by atoms with E-state index in [1.54, 1.807) is 13.0 Å². The van der Waals surface area contributed by atoms with Gasteiger partial charge in [0.2, 0.25) is 5.91 Å². The van der Waals surface area contributed by atoms with E-state index in [9.17, 15) is 4.79 Å². The number of terminal acetylenes is 1. The first-order chi connectivity index (χ1) is 6.63. The molecule has 1 aromatic rings. The molecular formula is C11H12N2O. The number of carbonyl (C=O) groups excluding carboxylic acids is 1. The van der Waals surface area contributed by atoms with Gasteiger partial charge in [0.15, 0.2) is 0 Å². The Morgan fingerprint density at radius 3 is 2.93 bits per heavy atom. The van der Waals surface area contributed by atoms with Crippen molar-refractivity contribution in [3.63, 3.8) is 0 Å². The van der Waals surface area contributed by atoms with E-state index in [-0.39, 0.29) is 0 Å². The maximum absolute atomic E-state index is 10.8. The van der Waals surface area contributed by atoms with Gasteiger partial charge in [-0.15, -0.1) is 6.42 Å². The number of carbonyl (C=O) groups is 1. The lowest BCUT2D eigenvalue weighted by atomic mass is 10.2. The summed E-state index contributed by atoms with van der Waals surface area (Å²) >= 11 is 0. The molecule has 0 fully saturated rings. The summed E-state index contributed by atoms with van der Waals surface area (Å²) in [7, 11) is 0. The van der Waals surface area contributed by atoms with E-state index >= 15 is 0 Å². The van der Waals surface area contributed by atoms with E-state index in [4.69, 9.17) is 12.2 Å². The lowest BCUT2D eigenvalue weighted by Gasteiger charge is -2.11. The van der Waals surface area contributed by atoms with E-state index in [1.807, 2.05) is 18.2 Å². The molecule has 0 aliphatic rings. The molecule has 0 aromatic heterocycles. The zero-order valence-corrected chi connectivity index (χ0v) is 7.95. The Hall–Kier alpha value is -1.95. The largest absolute Gasteiger partial charge is 0.374 e. The Morgan fingerprint density at radius 1 is 1.64 bits per heavy atom. The van der Waals surface area contributed by atoms with Gasteiger partial charge in [0.25, 0.3) is 0 Å². The van der Waals surface area contributed by atoms with Crippen LogP contribution in [-0.2, 0) is 4.79 Å². The van der Waals surface area contributed by atoms with Gasteiger partial charge in [-0.25, -0.2) is 0 Å². The number of nitrogens with two attached hydrogens (primary N) is 1. The zero-order chi connectivity index (χ0) is 10.6. The molecule has 0 radical (unpaired) electrons. The third-order valence-corrected chi connectivity index (χ3v) is 1.84. The quantitative estimate of drug-likeness (QED) is 0.694. The fraction of sp³-hybridized carbons (Fsp3) is 0.182. The Kier molecular flexibility index (Phi) is 3.14. The van der Waals surface area contributed by atoms with E-state index in [0.29, 0.717) is 0 Å². The van der Waals surface area contributed by atoms with E-state index < -0.39 is 11.9 Å². The van der Waals surface area contributed by atoms with Gasteiger partial charge in [-0.3, -0.25) is 4.79 Å². The number of nitrogens with one attached hydrogen (secondary N) is 1. The molecule has 1 rings (SSSR count). The molecule has 3 nitrogen and oxygen atoms in total. The lowest BCUT2D eigenvalue weighted by molar-refractivity contribution is -0.118. The Labute approximate surface area is 83.3 Å². The van der Waals surface area contributed by atoms with Crippen molar-refractivity contribution in [2.75, 3.05) is 5.32 Å². The van der Waals surface area contributed by atoms with Crippen LogP contribution in [0, 0.1) is 12.3 Å².